The van der Waals surface area contributed by atoms with E-state index in [1.807, 2.05) is 11.9 Å². The average Bonchev–Trinajstić information content (AvgIpc) is 2.44. The van der Waals surface area contributed by atoms with Gasteiger partial charge in [-0.15, -0.1) is 0 Å². The van der Waals surface area contributed by atoms with Gasteiger partial charge in [-0.3, -0.25) is 4.79 Å². The summed E-state index contributed by atoms with van der Waals surface area (Å²) in [5, 5.41) is 4.21. The Kier molecular flexibility index (Phi) is 5.55. The Morgan fingerprint density at radius 2 is 1.80 bits per heavy atom. The van der Waals surface area contributed by atoms with Crippen LogP contribution in [-0.4, -0.2) is 30.4 Å². The van der Waals surface area contributed by atoms with Crippen molar-refractivity contribution in [3.8, 4) is 0 Å². The van der Waals surface area contributed by atoms with Crippen LogP contribution >= 0.6 is 23.2 Å². The van der Waals surface area contributed by atoms with Gasteiger partial charge < -0.3 is 10.2 Å². The highest BCUT2D eigenvalue weighted by molar-refractivity contribution is 6.35. The zero-order chi connectivity index (χ0) is 14.5. The van der Waals surface area contributed by atoms with Gasteiger partial charge in [-0.25, -0.2) is 0 Å². The third-order valence-electron chi connectivity index (χ3n) is 3.82. The molecule has 0 aliphatic heterocycles. The molecule has 1 fully saturated rings. The molecule has 1 aromatic rings. The fourth-order valence-electron chi connectivity index (χ4n) is 2.63. The van der Waals surface area contributed by atoms with Gasteiger partial charge in [-0.1, -0.05) is 42.5 Å². The van der Waals surface area contributed by atoms with Crippen LogP contribution in [0.5, 0.6) is 0 Å². The number of carbonyl (C=O) groups is 1. The molecule has 1 amide bonds. The maximum absolute atomic E-state index is 12.2. The molecule has 2 rings (SSSR count). The summed E-state index contributed by atoms with van der Waals surface area (Å²) in [5.74, 6) is 0.105. The number of hydrogen-bond donors (Lipinski definition) is 1. The highest BCUT2D eigenvalue weighted by atomic mass is 35.5. The third-order valence-corrected chi connectivity index (χ3v) is 4.26. The average molecular weight is 315 g/mol. The summed E-state index contributed by atoms with van der Waals surface area (Å²) < 4.78 is 0. The summed E-state index contributed by atoms with van der Waals surface area (Å²) >= 11 is 11.9. The lowest BCUT2D eigenvalue weighted by molar-refractivity contribution is -0.130. The molecular formula is C15H20Cl2N2O. The van der Waals surface area contributed by atoms with E-state index in [1.54, 1.807) is 18.2 Å². The van der Waals surface area contributed by atoms with Gasteiger partial charge in [0.15, 0.2) is 0 Å². The van der Waals surface area contributed by atoms with E-state index in [2.05, 4.69) is 5.32 Å². The quantitative estimate of drug-likeness (QED) is 0.903. The second-order valence-electron chi connectivity index (χ2n) is 5.31. The zero-order valence-corrected chi connectivity index (χ0v) is 13.2. The van der Waals surface area contributed by atoms with E-state index in [0.717, 1.165) is 18.5 Å². The van der Waals surface area contributed by atoms with E-state index in [4.69, 9.17) is 23.2 Å². The van der Waals surface area contributed by atoms with Crippen LogP contribution in [0.1, 0.15) is 32.1 Å². The van der Waals surface area contributed by atoms with Crippen LogP contribution < -0.4 is 5.32 Å². The van der Waals surface area contributed by atoms with Crippen LogP contribution in [0.25, 0.3) is 0 Å². The van der Waals surface area contributed by atoms with Gasteiger partial charge in [-0.05, 0) is 31.0 Å². The monoisotopic (exact) mass is 314 g/mol. The topological polar surface area (TPSA) is 32.3 Å². The first-order chi connectivity index (χ1) is 9.56. The molecule has 0 saturated heterocycles. The number of anilines is 1. The first-order valence-corrected chi connectivity index (χ1v) is 7.77. The van der Waals surface area contributed by atoms with Crippen molar-refractivity contribution in [1.82, 2.24) is 4.90 Å². The molecule has 1 aliphatic carbocycles. The Hall–Kier alpha value is -0.930. The van der Waals surface area contributed by atoms with E-state index in [0.29, 0.717) is 16.1 Å². The Bertz CT molecular complexity index is 453. The van der Waals surface area contributed by atoms with Gasteiger partial charge in [0.2, 0.25) is 5.91 Å². The van der Waals surface area contributed by atoms with Gasteiger partial charge in [0.25, 0.3) is 0 Å². The number of halogens is 2. The predicted octanol–water partition coefficient (Wildman–Crippen LogP) is 4.20. The number of likely N-dealkylation sites (N-methyl/N-ethyl adjacent to an activating group) is 1. The molecule has 0 atom stereocenters. The fourth-order valence-corrected chi connectivity index (χ4v) is 3.16. The van der Waals surface area contributed by atoms with Gasteiger partial charge in [0, 0.05) is 28.8 Å². The van der Waals surface area contributed by atoms with Crippen LogP contribution in [0.2, 0.25) is 10.0 Å². The van der Waals surface area contributed by atoms with Crippen molar-refractivity contribution in [2.45, 2.75) is 38.1 Å². The summed E-state index contributed by atoms with van der Waals surface area (Å²) in [6.07, 6.45) is 5.97. The molecule has 0 aromatic heterocycles. The highest BCUT2D eigenvalue weighted by Gasteiger charge is 2.21. The summed E-state index contributed by atoms with van der Waals surface area (Å²) in [6, 6.07) is 5.59. The molecular weight excluding hydrogens is 295 g/mol. The Balaban J connectivity index is 1.87. The van der Waals surface area contributed by atoms with E-state index < -0.39 is 0 Å². The molecule has 20 heavy (non-hydrogen) atoms. The summed E-state index contributed by atoms with van der Waals surface area (Å²) in [7, 11) is 1.89. The number of hydrogen-bond acceptors (Lipinski definition) is 2. The molecule has 1 aromatic carbocycles. The van der Waals surface area contributed by atoms with Crippen LogP contribution in [0.4, 0.5) is 5.69 Å². The SMILES string of the molecule is CN(C(=O)CNc1cc(Cl)cc(Cl)c1)C1CCCCC1. The highest BCUT2D eigenvalue weighted by Crippen LogP contribution is 2.23. The largest absolute Gasteiger partial charge is 0.376 e. The zero-order valence-electron chi connectivity index (χ0n) is 11.7. The first kappa shape index (κ1) is 15.5. The lowest BCUT2D eigenvalue weighted by Gasteiger charge is -2.31. The van der Waals surface area contributed by atoms with Crippen molar-refractivity contribution in [2.24, 2.45) is 0 Å². The minimum Gasteiger partial charge on any atom is -0.376 e. The van der Waals surface area contributed by atoms with Gasteiger partial charge >= 0.3 is 0 Å². The number of amides is 1. The van der Waals surface area contributed by atoms with Gasteiger partial charge in [-0.2, -0.15) is 0 Å². The molecule has 0 spiro atoms. The molecule has 0 radical (unpaired) electrons. The fraction of sp³-hybridized carbons (Fsp3) is 0.533. The van der Waals surface area contributed by atoms with Crippen molar-refractivity contribution >= 4 is 34.8 Å². The van der Waals surface area contributed by atoms with E-state index in [1.165, 1.54) is 19.3 Å². The molecule has 1 saturated carbocycles. The maximum Gasteiger partial charge on any atom is 0.241 e. The molecule has 0 unspecified atom stereocenters. The molecule has 110 valence electrons. The van der Waals surface area contributed by atoms with Gasteiger partial charge in [0.05, 0.1) is 6.54 Å². The Morgan fingerprint density at radius 1 is 1.20 bits per heavy atom. The van der Waals surface area contributed by atoms with E-state index in [9.17, 15) is 4.79 Å². The summed E-state index contributed by atoms with van der Waals surface area (Å²) in [5.41, 5.74) is 0.771. The van der Waals surface area contributed by atoms with Crippen molar-refractivity contribution in [3.63, 3.8) is 0 Å². The second kappa shape index (κ2) is 7.19. The molecule has 1 aliphatic rings. The minimum absolute atomic E-state index is 0.105. The summed E-state index contributed by atoms with van der Waals surface area (Å²) in [4.78, 5) is 14.1. The number of carbonyl (C=O) groups excluding carboxylic acids is 1. The second-order valence-corrected chi connectivity index (χ2v) is 6.18. The van der Waals surface area contributed by atoms with Crippen molar-refractivity contribution < 1.29 is 4.79 Å². The first-order valence-electron chi connectivity index (χ1n) is 7.02. The smallest absolute Gasteiger partial charge is 0.241 e. The lowest BCUT2D eigenvalue weighted by Crippen LogP contribution is -2.41. The minimum atomic E-state index is 0.105. The standard InChI is InChI=1S/C15H20Cl2N2O/c1-19(14-5-3-2-4-6-14)15(20)10-18-13-8-11(16)7-12(17)9-13/h7-9,14,18H,2-6,10H2,1H3. The van der Waals surface area contributed by atoms with Crippen molar-refractivity contribution in [1.29, 1.82) is 0 Å². The van der Waals surface area contributed by atoms with Crippen molar-refractivity contribution in [2.75, 3.05) is 18.9 Å². The molecule has 0 heterocycles. The normalized spacial score (nSPS) is 15.9. The number of nitrogens with one attached hydrogen (secondary N) is 1. The number of nitrogens with zero attached hydrogens (tertiary/aromatic N) is 1. The van der Waals surface area contributed by atoms with Crippen molar-refractivity contribution in [3.05, 3.63) is 28.2 Å². The Morgan fingerprint density at radius 3 is 2.40 bits per heavy atom. The van der Waals surface area contributed by atoms with E-state index in [-0.39, 0.29) is 12.5 Å². The van der Waals surface area contributed by atoms with Gasteiger partial charge in [0.1, 0.15) is 0 Å². The molecule has 1 N–H and O–H groups in total. The van der Waals surface area contributed by atoms with Crippen LogP contribution in [0, 0.1) is 0 Å². The van der Waals surface area contributed by atoms with Crippen LogP contribution in [0.15, 0.2) is 18.2 Å². The molecule has 0 bridgehead atoms. The third kappa shape index (κ3) is 4.29. The number of rotatable bonds is 4. The number of benzene rings is 1. The molecule has 3 nitrogen and oxygen atoms in total. The lowest BCUT2D eigenvalue weighted by atomic mass is 9.94. The Labute approximate surface area is 130 Å². The van der Waals surface area contributed by atoms with Crippen LogP contribution in [-0.2, 0) is 4.79 Å². The molecule has 5 heteroatoms. The maximum atomic E-state index is 12.2. The van der Waals surface area contributed by atoms with E-state index >= 15 is 0 Å². The van der Waals surface area contributed by atoms with Crippen LogP contribution in [0.3, 0.4) is 0 Å². The summed E-state index contributed by atoms with van der Waals surface area (Å²) in [6.45, 7) is 0.268. The predicted molar refractivity (Wildman–Crippen MR) is 84.6 cm³/mol.